The maximum atomic E-state index is 12.9. The van der Waals surface area contributed by atoms with Gasteiger partial charge in [-0.1, -0.05) is 283 Å². The topological polar surface area (TPSA) is 78.9 Å². The van der Waals surface area contributed by atoms with Crippen molar-refractivity contribution in [3.8, 4) is 0 Å². The van der Waals surface area contributed by atoms with Crippen molar-refractivity contribution in [1.29, 1.82) is 0 Å². The number of carbonyl (C=O) groups excluding carboxylic acids is 3. The van der Waals surface area contributed by atoms with Crippen molar-refractivity contribution >= 4 is 17.9 Å². The Kier molecular flexibility index (Phi) is 61.4. The molecule has 0 fully saturated rings. The van der Waals surface area contributed by atoms with Crippen LogP contribution in [0.1, 0.15) is 284 Å². The van der Waals surface area contributed by atoms with E-state index in [0.717, 1.165) is 148 Å². The van der Waals surface area contributed by atoms with Crippen molar-refractivity contribution in [2.75, 3.05) is 13.2 Å². The predicted octanol–water partition coefficient (Wildman–Crippen LogP) is 22.2. The molecule has 442 valence electrons. The maximum absolute atomic E-state index is 12.9. The summed E-state index contributed by atoms with van der Waals surface area (Å²) in [6, 6.07) is 0. The molecule has 0 aromatic carbocycles. The van der Waals surface area contributed by atoms with E-state index < -0.39 is 6.10 Å². The number of esters is 3. The van der Waals surface area contributed by atoms with E-state index in [4.69, 9.17) is 14.2 Å². The standard InChI is InChI=1S/C72H118O6/c1-4-7-10-13-16-19-22-25-27-29-31-32-33-34-35-36-37-38-39-40-42-43-45-47-50-53-56-59-62-65-71(74)77-68-69(67-76-70(73)64-61-58-55-52-49-24-21-18-15-12-9-6-3)78-72(75)66-63-60-57-54-51-48-46-44-41-30-28-26-23-20-17-14-11-8-5-2/h7-8,10-11,16-17,19-20,25-28,31-32,34-35,37-38,40-42,44,69H,4-6,9,12-15,18,21-24,29-30,33,36,39,43,45-68H2,1-3H3/b10-7-,11-8-,19-16-,20-17-,27-25-,28-26-,32-31-,35-34-,38-37-,42-40-,44-41-. The van der Waals surface area contributed by atoms with Crippen LogP contribution in [0, 0.1) is 0 Å². The fourth-order valence-electron chi connectivity index (χ4n) is 8.65. The van der Waals surface area contributed by atoms with Crippen molar-refractivity contribution in [3.05, 3.63) is 134 Å². The minimum Gasteiger partial charge on any atom is -0.462 e. The van der Waals surface area contributed by atoms with Gasteiger partial charge in [0, 0.05) is 19.3 Å². The van der Waals surface area contributed by atoms with Crippen molar-refractivity contribution in [3.63, 3.8) is 0 Å². The molecule has 0 aliphatic rings. The lowest BCUT2D eigenvalue weighted by molar-refractivity contribution is -0.167. The summed E-state index contributed by atoms with van der Waals surface area (Å²) >= 11 is 0. The third-order valence-corrected chi connectivity index (χ3v) is 13.4. The van der Waals surface area contributed by atoms with E-state index in [-0.39, 0.29) is 31.1 Å². The van der Waals surface area contributed by atoms with Crippen LogP contribution in [-0.4, -0.2) is 37.2 Å². The molecule has 0 saturated heterocycles. The fourth-order valence-corrected chi connectivity index (χ4v) is 8.65. The van der Waals surface area contributed by atoms with Gasteiger partial charge in [0.05, 0.1) is 0 Å². The molecule has 6 nitrogen and oxygen atoms in total. The zero-order chi connectivity index (χ0) is 56.4. The molecule has 0 N–H and O–H groups in total. The van der Waals surface area contributed by atoms with Crippen LogP contribution in [0.3, 0.4) is 0 Å². The molecule has 0 rings (SSSR count). The van der Waals surface area contributed by atoms with Gasteiger partial charge in [0.1, 0.15) is 13.2 Å². The summed E-state index contributed by atoms with van der Waals surface area (Å²) in [6.07, 6.45) is 91.7. The second-order valence-electron chi connectivity index (χ2n) is 20.9. The lowest BCUT2D eigenvalue weighted by atomic mass is 10.0. The van der Waals surface area contributed by atoms with Crippen molar-refractivity contribution in [2.24, 2.45) is 0 Å². The lowest BCUT2D eigenvalue weighted by Gasteiger charge is -2.18. The number of carbonyl (C=O) groups is 3. The summed E-state index contributed by atoms with van der Waals surface area (Å²) in [7, 11) is 0. The van der Waals surface area contributed by atoms with Crippen LogP contribution in [0.25, 0.3) is 0 Å². The summed E-state index contributed by atoms with van der Waals surface area (Å²) < 4.78 is 16.9. The van der Waals surface area contributed by atoms with Crippen LogP contribution in [0.5, 0.6) is 0 Å². The van der Waals surface area contributed by atoms with Gasteiger partial charge in [0.15, 0.2) is 6.10 Å². The Hall–Kier alpha value is -4.45. The van der Waals surface area contributed by atoms with Crippen molar-refractivity contribution < 1.29 is 28.6 Å². The molecule has 0 aromatic rings. The van der Waals surface area contributed by atoms with Crippen LogP contribution < -0.4 is 0 Å². The van der Waals surface area contributed by atoms with Crippen molar-refractivity contribution in [2.45, 2.75) is 290 Å². The fraction of sp³-hybridized carbons (Fsp3) is 0.653. The van der Waals surface area contributed by atoms with Crippen LogP contribution >= 0.6 is 0 Å². The van der Waals surface area contributed by atoms with Gasteiger partial charge in [0.25, 0.3) is 0 Å². The Balaban J connectivity index is 4.35. The van der Waals surface area contributed by atoms with Gasteiger partial charge in [-0.05, 0) is 116 Å². The molecule has 0 aliphatic carbocycles. The summed E-state index contributed by atoms with van der Waals surface area (Å²) in [6.45, 7) is 6.40. The van der Waals surface area contributed by atoms with Gasteiger partial charge in [-0.15, -0.1) is 0 Å². The second kappa shape index (κ2) is 65.1. The molecule has 78 heavy (non-hydrogen) atoms. The average Bonchev–Trinajstić information content (AvgIpc) is 3.44. The molecule has 1 atom stereocenters. The summed E-state index contributed by atoms with van der Waals surface area (Å²) in [4.78, 5) is 38.3. The Labute approximate surface area is 481 Å². The number of rotatable bonds is 57. The maximum Gasteiger partial charge on any atom is 0.306 e. The largest absolute Gasteiger partial charge is 0.462 e. The lowest BCUT2D eigenvalue weighted by Crippen LogP contribution is -2.30. The first-order chi connectivity index (χ1) is 38.5. The Morgan fingerprint density at radius 1 is 0.269 bits per heavy atom. The van der Waals surface area contributed by atoms with Gasteiger partial charge in [-0.25, -0.2) is 0 Å². The molecule has 0 spiro atoms. The second-order valence-corrected chi connectivity index (χ2v) is 20.9. The number of hydrogen-bond acceptors (Lipinski definition) is 6. The average molecular weight is 1080 g/mol. The summed E-state index contributed by atoms with van der Waals surface area (Å²) in [5.74, 6) is -0.911. The van der Waals surface area contributed by atoms with Crippen LogP contribution in [0.4, 0.5) is 0 Å². The minimum atomic E-state index is -0.794. The highest BCUT2D eigenvalue weighted by Crippen LogP contribution is 2.15. The van der Waals surface area contributed by atoms with E-state index in [1.54, 1.807) is 0 Å². The Morgan fingerprint density at radius 3 is 0.782 bits per heavy atom. The molecule has 0 aliphatic heterocycles. The predicted molar refractivity (Wildman–Crippen MR) is 339 cm³/mol. The molecule has 0 amide bonds. The van der Waals surface area contributed by atoms with Gasteiger partial charge in [-0.3, -0.25) is 14.4 Å². The van der Waals surface area contributed by atoms with E-state index in [0.29, 0.717) is 19.3 Å². The quantitative estimate of drug-likeness (QED) is 0.0261. The Bertz CT molecular complexity index is 1670. The number of ether oxygens (including phenoxy) is 3. The van der Waals surface area contributed by atoms with E-state index in [2.05, 4.69) is 154 Å². The van der Waals surface area contributed by atoms with Gasteiger partial charge in [0.2, 0.25) is 0 Å². The minimum absolute atomic E-state index is 0.0886. The van der Waals surface area contributed by atoms with Crippen LogP contribution in [-0.2, 0) is 28.6 Å². The molecule has 0 radical (unpaired) electrons. The Morgan fingerprint density at radius 2 is 0.500 bits per heavy atom. The van der Waals surface area contributed by atoms with Crippen molar-refractivity contribution in [1.82, 2.24) is 0 Å². The molecular formula is C72H118O6. The first-order valence-corrected chi connectivity index (χ1v) is 32.2. The number of allylic oxidation sites excluding steroid dienone is 22. The molecule has 0 heterocycles. The molecule has 1 unspecified atom stereocenters. The van der Waals surface area contributed by atoms with E-state index in [9.17, 15) is 14.4 Å². The van der Waals surface area contributed by atoms with Crippen LogP contribution in [0.15, 0.2) is 134 Å². The highest BCUT2D eigenvalue weighted by atomic mass is 16.6. The number of unbranched alkanes of at least 4 members (excludes halogenated alkanes) is 24. The van der Waals surface area contributed by atoms with E-state index >= 15 is 0 Å². The molecule has 0 aromatic heterocycles. The monoisotopic (exact) mass is 1080 g/mol. The zero-order valence-electron chi connectivity index (χ0n) is 50.6. The molecule has 6 heteroatoms. The van der Waals surface area contributed by atoms with E-state index in [1.807, 2.05) is 0 Å². The summed E-state index contributed by atoms with van der Waals surface area (Å²) in [5.41, 5.74) is 0. The van der Waals surface area contributed by atoms with Gasteiger partial charge in [-0.2, -0.15) is 0 Å². The molecule has 0 saturated carbocycles. The molecule has 0 bridgehead atoms. The van der Waals surface area contributed by atoms with Gasteiger partial charge >= 0.3 is 17.9 Å². The highest BCUT2D eigenvalue weighted by molar-refractivity contribution is 5.71. The normalized spacial score (nSPS) is 13.0. The number of hydrogen-bond donors (Lipinski definition) is 0. The first kappa shape index (κ1) is 73.5. The molecular weight excluding hydrogens is 961 g/mol. The third kappa shape index (κ3) is 62.4. The SMILES string of the molecule is CC/C=C\C/C=C\C/C=C\C/C=C\C/C=C\C/C=C\C/C=C\CCCCCCCCCC(=O)OCC(COC(=O)CCCCCCCCCCCCCC)OC(=O)CCCCCCCC/C=C\C/C=C\C/C=C\C/C=C\CC. The smallest absolute Gasteiger partial charge is 0.306 e. The zero-order valence-corrected chi connectivity index (χ0v) is 50.6. The third-order valence-electron chi connectivity index (χ3n) is 13.4. The highest BCUT2D eigenvalue weighted by Gasteiger charge is 2.19. The van der Waals surface area contributed by atoms with Gasteiger partial charge < -0.3 is 14.2 Å². The van der Waals surface area contributed by atoms with Crippen LogP contribution in [0.2, 0.25) is 0 Å². The first-order valence-electron chi connectivity index (χ1n) is 32.2. The summed E-state index contributed by atoms with van der Waals surface area (Å²) in [5, 5.41) is 0. The van der Waals surface area contributed by atoms with E-state index in [1.165, 1.54) is 96.3 Å².